The third-order valence-electron chi connectivity index (χ3n) is 4.67. The molecule has 1 fully saturated rings. The molecule has 0 aromatic heterocycles. The number of carbonyl (C=O) groups excluding carboxylic acids is 2. The van der Waals surface area contributed by atoms with Gasteiger partial charge in [0.1, 0.15) is 0 Å². The molecular formula is C19H24Cl2N2O2. The Hall–Kier alpha value is -1.36. The van der Waals surface area contributed by atoms with Crippen LogP contribution in [0, 0.1) is 0 Å². The average Bonchev–Trinajstić information content (AvgIpc) is 2.63. The zero-order valence-electron chi connectivity index (χ0n) is 14.7. The summed E-state index contributed by atoms with van der Waals surface area (Å²) in [5.74, 6) is -0.389. The maximum absolute atomic E-state index is 12.3. The summed E-state index contributed by atoms with van der Waals surface area (Å²) in [5.41, 5.74) is 0.414. The number of allylic oxidation sites excluding steroid dienone is 1. The number of benzene rings is 1. The van der Waals surface area contributed by atoms with Crippen LogP contribution in [0.2, 0.25) is 10.0 Å². The van der Waals surface area contributed by atoms with Crippen LogP contribution in [0.25, 0.3) is 0 Å². The molecule has 136 valence electrons. The number of rotatable bonds is 6. The van der Waals surface area contributed by atoms with E-state index < -0.39 is 0 Å². The standard InChI is InChI=1S/C19H24Cl2N2O2/c1-3-15(4-2)22-9-11-23(12-10-22)19(25)8-7-18(24)14-5-6-16(20)17(21)13-14/h5-8,13,15H,3-4,9-12H2,1-2H3/b8-7+. The highest BCUT2D eigenvalue weighted by atomic mass is 35.5. The van der Waals surface area contributed by atoms with Crippen LogP contribution in [-0.4, -0.2) is 53.7 Å². The molecule has 1 aromatic carbocycles. The molecule has 2 rings (SSSR count). The van der Waals surface area contributed by atoms with Gasteiger partial charge < -0.3 is 4.90 Å². The van der Waals surface area contributed by atoms with E-state index in [1.165, 1.54) is 18.2 Å². The summed E-state index contributed by atoms with van der Waals surface area (Å²) >= 11 is 11.8. The van der Waals surface area contributed by atoms with Gasteiger partial charge in [0.15, 0.2) is 5.78 Å². The minimum atomic E-state index is -0.261. The van der Waals surface area contributed by atoms with E-state index in [9.17, 15) is 9.59 Å². The van der Waals surface area contributed by atoms with E-state index in [2.05, 4.69) is 18.7 Å². The molecule has 4 nitrogen and oxygen atoms in total. The minimum Gasteiger partial charge on any atom is -0.337 e. The van der Waals surface area contributed by atoms with Gasteiger partial charge in [-0.05, 0) is 37.1 Å². The average molecular weight is 383 g/mol. The second-order valence-corrected chi connectivity index (χ2v) is 6.97. The van der Waals surface area contributed by atoms with E-state index in [4.69, 9.17) is 23.2 Å². The molecule has 0 saturated carbocycles. The highest BCUT2D eigenvalue weighted by molar-refractivity contribution is 6.42. The molecule has 0 unspecified atom stereocenters. The Labute approximate surface area is 159 Å². The Bertz CT molecular complexity index is 649. The van der Waals surface area contributed by atoms with E-state index >= 15 is 0 Å². The van der Waals surface area contributed by atoms with Crippen LogP contribution in [0.15, 0.2) is 30.4 Å². The Morgan fingerprint density at radius 3 is 2.24 bits per heavy atom. The number of amides is 1. The fourth-order valence-corrected chi connectivity index (χ4v) is 3.41. The summed E-state index contributed by atoms with van der Waals surface area (Å²) in [5, 5.41) is 0.721. The Morgan fingerprint density at radius 2 is 1.68 bits per heavy atom. The molecule has 1 aliphatic rings. The van der Waals surface area contributed by atoms with Crippen molar-refractivity contribution in [2.45, 2.75) is 32.7 Å². The number of ketones is 1. The van der Waals surface area contributed by atoms with Gasteiger partial charge in [-0.15, -0.1) is 0 Å². The molecule has 1 amide bonds. The van der Waals surface area contributed by atoms with Crippen molar-refractivity contribution in [1.82, 2.24) is 9.80 Å². The number of hydrogen-bond acceptors (Lipinski definition) is 3. The van der Waals surface area contributed by atoms with Crippen LogP contribution in [0.1, 0.15) is 37.0 Å². The molecule has 1 saturated heterocycles. The molecule has 0 radical (unpaired) electrons. The second kappa shape index (κ2) is 9.37. The number of nitrogens with zero attached hydrogens (tertiary/aromatic N) is 2. The molecule has 0 aliphatic carbocycles. The number of hydrogen-bond donors (Lipinski definition) is 0. The third kappa shape index (κ3) is 5.30. The third-order valence-corrected chi connectivity index (χ3v) is 5.41. The fourth-order valence-electron chi connectivity index (χ4n) is 3.11. The van der Waals surface area contributed by atoms with Gasteiger partial charge in [0.05, 0.1) is 10.0 Å². The Morgan fingerprint density at radius 1 is 1.04 bits per heavy atom. The first-order valence-corrected chi connectivity index (χ1v) is 9.42. The summed E-state index contributed by atoms with van der Waals surface area (Å²) in [6.45, 7) is 7.55. The van der Waals surface area contributed by atoms with Crippen molar-refractivity contribution in [3.63, 3.8) is 0 Å². The van der Waals surface area contributed by atoms with Gasteiger partial charge in [0.25, 0.3) is 0 Å². The SMILES string of the molecule is CCC(CC)N1CCN(C(=O)/C=C/C(=O)c2ccc(Cl)c(Cl)c2)CC1. The molecule has 1 heterocycles. The largest absolute Gasteiger partial charge is 0.337 e. The number of halogens is 2. The molecule has 0 bridgehead atoms. The van der Waals surface area contributed by atoms with Crippen LogP contribution in [0.5, 0.6) is 0 Å². The molecule has 25 heavy (non-hydrogen) atoms. The Kier molecular flexibility index (Phi) is 7.48. The number of carbonyl (C=O) groups is 2. The maximum Gasteiger partial charge on any atom is 0.246 e. The fraction of sp³-hybridized carbons (Fsp3) is 0.474. The van der Waals surface area contributed by atoms with E-state index in [0.29, 0.717) is 34.7 Å². The van der Waals surface area contributed by atoms with Gasteiger partial charge in [-0.2, -0.15) is 0 Å². The van der Waals surface area contributed by atoms with Crippen molar-refractivity contribution in [3.05, 3.63) is 46.0 Å². The maximum atomic E-state index is 12.3. The number of piperazine rings is 1. The molecule has 0 spiro atoms. The van der Waals surface area contributed by atoms with Crippen molar-refractivity contribution in [3.8, 4) is 0 Å². The first-order chi connectivity index (χ1) is 12.0. The topological polar surface area (TPSA) is 40.6 Å². The summed E-state index contributed by atoms with van der Waals surface area (Å²) < 4.78 is 0. The van der Waals surface area contributed by atoms with Gasteiger partial charge in [0, 0.05) is 43.9 Å². The Balaban J connectivity index is 1.90. The van der Waals surface area contributed by atoms with E-state index in [-0.39, 0.29) is 11.7 Å². The zero-order valence-corrected chi connectivity index (χ0v) is 16.2. The van der Waals surface area contributed by atoms with Crippen molar-refractivity contribution < 1.29 is 9.59 Å². The van der Waals surface area contributed by atoms with E-state index in [0.717, 1.165) is 25.9 Å². The van der Waals surface area contributed by atoms with Crippen LogP contribution >= 0.6 is 23.2 Å². The van der Waals surface area contributed by atoms with Gasteiger partial charge in [-0.25, -0.2) is 0 Å². The van der Waals surface area contributed by atoms with Crippen molar-refractivity contribution in [1.29, 1.82) is 0 Å². The summed E-state index contributed by atoms with van der Waals surface area (Å²) in [4.78, 5) is 28.7. The minimum absolute atomic E-state index is 0.127. The van der Waals surface area contributed by atoms with Crippen LogP contribution < -0.4 is 0 Å². The molecule has 0 N–H and O–H groups in total. The molecule has 0 atom stereocenters. The first-order valence-electron chi connectivity index (χ1n) is 8.66. The lowest BCUT2D eigenvalue weighted by molar-refractivity contribution is -0.128. The van der Waals surface area contributed by atoms with Gasteiger partial charge in [-0.1, -0.05) is 37.0 Å². The normalized spacial score (nSPS) is 16.0. The predicted octanol–water partition coefficient (Wildman–Crippen LogP) is 4.07. The summed E-state index contributed by atoms with van der Waals surface area (Å²) in [7, 11) is 0. The van der Waals surface area contributed by atoms with Crippen molar-refractivity contribution in [2.75, 3.05) is 26.2 Å². The highest BCUT2D eigenvalue weighted by Gasteiger charge is 2.23. The highest BCUT2D eigenvalue weighted by Crippen LogP contribution is 2.23. The summed E-state index contributed by atoms with van der Waals surface area (Å²) in [6.07, 6.45) is 4.90. The molecule has 1 aromatic rings. The zero-order chi connectivity index (χ0) is 18.4. The molecule has 1 aliphatic heterocycles. The van der Waals surface area contributed by atoms with E-state index in [1.807, 2.05) is 0 Å². The van der Waals surface area contributed by atoms with E-state index in [1.54, 1.807) is 17.0 Å². The first kappa shape index (κ1) is 20.0. The molecule has 6 heteroatoms. The monoisotopic (exact) mass is 382 g/mol. The quantitative estimate of drug-likeness (QED) is 0.549. The predicted molar refractivity (Wildman–Crippen MR) is 102 cm³/mol. The van der Waals surface area contributed by atoms with Crippen molar-refractivity contribution in [2.24, 2.45) is 0 Å². The van der Waals surface area contributed by atoms with Gasteiger partial charge in [0.2, 0.25) is 5.91 Å². The smallest absolute Gasteiger partial charge is 0.246 e. The molecular weight excluding hydrogens is 359 g/mol. The van der Waals surface area contributed by atoms with Crippen LogP contribution in [0.4, 0.5) is 0 Å². The van der Waals surface area contributed by atoms with Crippen LogP contribution in [-0.2, 0) is 4.79 Å². The lowest BCUT2D eigenvalue weighted by Crippen LogP contribution is -2.51. The van der Waals surface area contributed by atoms with Crippen molar-refractivity contribution >= 4 is 34.9 Å². The van der Waals surface area contributed by atoms with Gasteiger partial charge in [-0.3, -0.25) is 14.5 Å². The lowest BCUT2D eigenvalue weighted by Gasteiger charge is -2.38. The van der Waals surface area contributed by atoms with Gasteiger partial charge >= 0.3 is 0 Å². The lowest BCUT2D eigenvalue weighted by atomic mass is 10.1. The van der Waals surface area contributed by atoms with Crippen LogP contribution in [0.3, 0.4) is 0 Å². The second-order valence-electron chi connectivity index (χ2n) is 6.16. The summed E-state index contributed by atoms with van der Waals surface area (Å²) in [6, 6.07) is 5.27.